The second-order valence-corrected chi connectivity index (χ2v) is 6.06. The highest BCUT2D eigenvalue weighted by Crippen LogP contribution is 2.24. The van der Waals surface area contributed by atoms with Crippen molar-refractivity contribution in [2.24, 2.45) is 0 Å². The summed E-state index contributed by atoms with van der Waals surface area (Å²) in [6.07, 6.45) is 0. The van der Waals surface area contributed by atoms with Gasteiger partial charge in [0.25, 0.3) is 0 Å². The predicted octanol–water partition coefficient (Wildman–Crippen LogP) is 4.96. The van der Waals surface area contributed by atoms with Gasteiger partial charge in [0.2, 0.25) is 0 Å². The molecule has 0 amide bonds. The van der Waals surface area contributed by atoms with Crippen LogP contribution in [0.25, 0.3) is 11.0 Å². The van der Waals surface area contributed by atoms with Crippen LogP contribution >= 0.6 is 27.5 Å². The van der Waals surface area contributed by atoms with Crippen molar-refractivity contribution in [3.63, 3.8) is 0 Å². The summed E-state index contributed by atoms with van der Waals surface area (Å²) < 4.78 is 19.7. The van der Waals surface area contributed by atoms with Crippen LogP contribution < -0.4 is 10.9 Å². The van der Waals surface area contributed by atoms with E-state index < -0.39 is 11.4 Å². The summed E-state index contributed by atoms with van der Waals surface area (Å²) in [5, 5.41) is 4.18. The van der Waals surface area contributed by atoms with E-state index in [1.807, 2.05) is 12.1 Å². The Kier molecular flexibility index (Phi) is 4.18. The van der Waals surface area contributed by atoms with E-state index in [4.69, 9.17) is 16.0 Å². The Morgan fingerprint density at radius 3 is 2.82 bits per heavy atom. The number of benzene rings is 2. The zero-order valence-electron chi connectivity index (χ0n) is 11.2. The third-order valence-electron chi connectivity index (χ3n) is 3.19. The Balaban J connectivity index is 1.97. The van der Waals surface area contributed by atoms with Crippen LogP contribution in [0.4, 0.5) is 10.1 Å². The lowest BCUT2D eigenvalue weighted by Crippen LogP contribution is -2.06. The number of hydrogen-bond acceptors (Lipinski definition) is 3. The van der Waals surface area contributed by atoms with Gasteiger partial charge in [-0.2, -0.15) is 0 Å². The van der Waals surface area contributed by atoms with Crippen LogP contribution in [0.3, 0.4) is 0 Å². The lowest BCUT2D eigenvalue weighted by Gasteiger charge is -2.10. The minimum absolute atomic E-state index is 0.279. The van der Waals surface area contributed by atoms with Gasteiger partial charge in [-0.25, -0.2) is 9.18 Å². The van der Waals surface area contributed by atoms with E-state index in [0.717, 1.165) is 15.4 Å². The molecule has 0 fully saturated rings. The van der Waals surface area contributed by atoms with Crippen LogP contribution in [0.2, 0.25) is 5.02 Å². The first-order valence-corrected chi connectivity index (χ1v) is 7.61. The molecule has 3 nitrogen and oxygen atoms in total. The van der Waals surface area contributed by atoms with E-state index in [9.17, 15) is 9.18 Å². The number of halogens is 3. The van der Waals surface area contributed by atoms with Gasteiger partial charge in [0.1, 0.15) is 11.4 Å². The molecule has 0 atom stereocenters. The summed E-state index contributed by atoms with van der Waals surface area (Å²) in [5.74, 6) is -0.403. The van der Waals surface area contributed by atoms with Crippen molar-refractivity contribution in [3.8, 4) is 0 Å². The second-order valence-electron chi connectivity index (χ2n) is 4.71. The van der Waals surface area contributed by atoms with Gasteiger partial charge in [0.05, 0.1) is 5.69 Å². The Labute approximate surface area is 138 Å². The van der Waals surface area contributed by atoms with Crippen molar-refractivity contribution in [1.82, 2.24) is 0 Å². The fourth-order valence-electron chi connectivity index (χ4n) is 2.17. The van der Waals surface area contributed by atoms with Crippen molar-refractivity contribution < 1.29 is 8.81 Å². The maximum atomic E-state index is 13.7. The van der Waals surface area contributed by atoms with E-state index in [0.29, 0.717) is 10.6 Å². The minimum Gasteiger partial charge on any atom is -0.423 e. The molecule has 0 aliphatic heterocycles. The van der Waals surface area contributed by atoms with Gasteiger partial charge in [-0.1, -0.05) is 27.5 Å². The molecule has 3 aromatic rings. The van der Waals surface area contributed by atoms with E-state index in [2.05, 4.69) is 21.2 Å². The van der Waals surface area contributed by atoms with Gasteiger partial charge >= 0.3 is 5.63 Å². The topological polar surface area (TPSA) is 42.2 Å². The molecule has 22 heavy (non-hydrogen) atoms. The molecule has 0 aliphatic rings. The zero-order chi connectivity index (χ0) is 15.7. The monoisotopic (exact) mass is 381 g/mol. The third kappa shape index (κ3) is 3.15. The average molecular weight is 383 g/mol. The molecule has 2 aromatic carbocycles. The van der Waals surface area contributed by atoms with Crippen molar-refractivity contribution in [2.45, 2.75) is 6.54 Å². The molecule has 1 aromatic heterocycles. The average Bonchev–Trinajstić information content (AvgIpc) is 2.47. The van der Waals surface area contributed by atoms with Gasteiger partial charge in [-0.3, -0.25) is 0 Å². The van der Waals surface area contributed by atoms with Crippen LogP contribution in [0.15, 0.2) is 56.1 Å². The maximum absolute atomic E-state index is 13.7. The SMILES string of the molecule is O=c1cc(CNc2cc(Cl)ccc2F)c2ccc(Br)cc2o1. The molecular weight excluding hydrogens is 373 g/mol. The van der Waals surface area contributed by atoms with Crippen molar-refractivity contribution in [2.75, 3.05) is 5.32 Å². The maximum Gasteiger partial charge on any atom is 0.336 e. The summed E-state index contributed by atoms with van der Waals surface area (Å²) in [6.45, 7) is 0.279. The summed E-state index contributed by atoms with van der Waals surface area (Å²) in [6, 6.07) is 11.1. The predicted molar refractivity (Wildman–Crippen MR) is 88.9 cm³/mol. The van der Waals surface area contributed by atoms with E-state index in [1.54, 1.807) is 6.07 Å². The van der Waals surface area contributed by atoms with Gasteiger partial charge < -0.3 is 9.73 Å². The second kappa shape index (κ2) is 6.10. The molecular formula is C16H10BrClFNO2. The zero-order valence-corrected chi connectivity index (χ0v) is 13.5. The first-order chi connectivity index (χ1) is 10.5. The molecule has 112 valence electrons. The van der Waals surface area contributed by atoms with Crippen LogP contribution in [-0.4, -0.2) is 0 Å². The first kappa shape index (κ1) is 15.1. The van der Waals surface area contributed by atoms with Crippen LogP contribution in [0.5, 0.6) is 0 Å². The molecule has 1 N–H and O–H groups in total. The van der Waals surface area contributed by atoms with Crippen LogP contribution in [0.1, 0.15) is 5.56 Å². The van der Waals surface area contributed by atoms with Crippen LogP contribution in [-0.2, 0) is 6.54 Å². The summed E-state index contributed by atoms with van der Waals surface area (Å²) in [4.78, 5) is 11.6. The standard InChI is InChI=1S/C16H10BrClFNO2/c17-10-1-3-12-9(5-16(21)22-15(12)6-10)8-20-14-7-11(18)2-4-13(14)19/h1-7,20H,8H2. The fourth-order valence-corrected chi connectivity index (χ4v) is 2.69. The first-order valence-electron chi connectivity index (χ1n) is 6.44. The lowest BCUT2D eigenvalue weighted by molar-refractivity contribution is 0.559. The molecule has 6 heteroatoms. The highest BCUT2D eigenvalue weighted by Gasteiger charge is 2.08. The molecule has 3 rings (SSSR count). The van der Waals surface area contributed by atoms with E-state index >= 15 is 0 Å². The summed E-state index contributed by atoms with van der Waals surface area (Å²) in [5.41, 5.74) is 1.03. The normalized spacial score (nSPS) is 10.9. The van der Waals surface area contributed by atoms with E-state index in [-0.39, 0.29) is 12.2 Å². The van der Waals surface area contributed by atoms with Crippen molar-refractivity contribution in [1.29, 1.82) is 0 Å². The van der Waals surface area contributed by atoms with Crippen molar-refractivity contribution >= 4 is 44.2 Å². The molecule has 0 spiro atoms. The van der Waals surface area contributed by atoms with Gasteiger partial charge in [-0.05, 0) is 42.0 Å². The molecule has 0 saturated heterocycles. The quantitative estimate of drug-likeness (QED) is 0.651. The largest absolute Gasteiger partial charge is 0.423 e. The number of hydrogen-bond donors (Lipinski definition) is 1. The van der Waals surface area contributed by atoms with Gasteiger partial charge in [0, 0.05) is 27.5 Å². The molecule has 0 unspecified atom stereocenters. The third-order valence-corrected chi connectivity index (χ3v) is 3.92. The molecule has 0 saturated carbocycles. The minimum atomic E-state index is -0.450. The van der Waals surface area contributed by atoms with E-state index in [1.165, 1.54) is 24.3 Å². The van der Waals surface area contributed by atoms with Crippen molar-refractivity contribution in [3.05, 3.63) is 73.8 Å². The van der Waals surface area contributed by atoms with Crippen LogP contribution in [0, 0.1) is 5.82 Å². The molecule has 1 heterocycles. The highest BCUT2D eigenvalue weighted by molar-refractivity contribution is 9.10. The van der Waals surface area contributed by atoms with Gasteiger partial charge in [-0.15, -0.1) is 0 Å². The molecule has 0 aliphatic carbocycles. The molecule has 0 radical (unpaired) electrons. The Morgan fingerprint density at radius 2 is 2.00 bits per heavy atom. The fraction of sp³-hybridized carbons (Fsp3) is 0.0625. The Morgan fingerprint density at radius 1 is 1.18 bits per heavy atom. The number of fused-ring (bicyclic) bond motifs is 1. The smallest absolute Gasteiger partial charge is 0.336 e. The Bertz CT molecular complexity index is 910. The number of nitrogens with one attached hydrogen (secondary N) is 1. The number of rotatable bonds is 3. The summed E-state index contributed by atoms with van der Waals surface area (Å²) >= 11 is 9.19. The summed E-state index contributed by atoms with van der Waals surface area (Å²) in [7, 11) is 0. The van der Waals surface area contributed by atoms with Gasteiger partial charge in [0.15, 0.2) is 0 Å². The Hall–Kier alpha value is -1.85. The highest BCUT2D eigenvalue weighted by atomic mass is 79.9. The lowest BCUT2D eigenvalue weighted by atomic mass is 10.1. The number of anilines is 1. The molecule has 0 bridgehead atoms.